The summed E-state index contributed by atoms with van der Waals surface area (Å²) in [6, 6.07) is 4.27. The average Bonchev–Trinajstić information content (AvgIpc) is 3.05. The molecule has 5 nitrogen and oxygen atoms in total. The molecule has 0 fully saturated rings. The van der Waals surface area contributed by atoms with Crippen molar-refractivity contribution in [2.45, 2.75) is 51.9 Å². The fraction of sp³-hybridized carbons (Fsp3) is 0.429. The van der Waals surface area contributed by atoms with Gasteiger partial charge in [0.1, 0.15) is 5.60 Å². The molecule has 2 aromatic rings. The molecule has 3 rings (SSSR count). The van der Waals surface area contributed by atoms with Crippen molar-refractivity contribution in [3.8, 4) is 0 Å². The maximum Gasteiger partial charge on any atom is 0.416 e. The van der Waals surface area contributed by atoms with Crippen LogP contribution in [0.15, 0.2) is 29.6 Å². The number of hydrogen-bond acceptors (Lipinski definition) is 4. The molecular formula is C21H23F3N2O3S. The molecule has 9 heteroatoms. The molecule has 0 spiro atoms. The predicted octanol–water partition coefficient (Wildman–Crippen LogP) is 5.87. The van der Waals surface area contributed by atoms with E-state index in [0.29, 0.717) is 18.5 Å². The number of anilines is 1. The third-order valence-corrected chi connectivity index (χ3v) is 5.89. The van der Waals surface area contributed by atoms with Crippen LogP contribution >= 0.6 is 11.3 Å². The molecule has 0 aliphatic carbocycles. The summed E-state index contributed by atoms with van der Waals surface area (Å²) >= 11 is 1.36. The van der Waals surface area contributed by atoms with Gasteiger partial charge in [0.2, 0.25) is 0 Å². The van der Waals surface area contributed by atoms with Gasteiger partial charge in [-0.3, -0.25) is 4.79 Å². The van der Waals surface area contributed by atoms with Crippen molar-refractivity contribution in [3.05, 3.63) is 51.2 Å². The highest BCUT2D eigenvalue weighted by molar-refractivity contribution is 7.10. The van der Waals surface area contributed by atoms with Gasteiger partial charge in [0.15, 0.2) is 0 Å². The van der Waals surface area contributed by atoms with Crippen molar-refractivity contribution in [1.29, 1.82) is 0 Å². The first-order valence-corrected chi connectivity index (χ1v) is 10.3. The van der Waals surface area contributed by atoms with Crippen LogP contribution in [0.5, 0.6) is 0 Å². The van der Waals surface area contributed by atoms with Crippen LogP contribution in [-0.2, 0) is 17.3 Å². The Balaban J connectivity index is 1.78. The normalized spacial score (nSPS) is 16.8. The Bertz CT molecular complexity index is 963. The number of halogens is 3. The number of nitrogens with zero attached hydrogens (tertiary/aromatic N) is 1. The first kappa shape index (κ1) is 22.1. The van der Waals surface area contributed by atoms with Crippen molar-refractivity contribution in [2.24, 2.45) is 0 Å². The summed E-state index contributed by atoms with van der Waals surface area (Å²) in [5.41, 5.74) is -0.120. The van der Waals surface area contributed by atoms with Crippen LogP contribution in [-0.4, -0.2) is 29.0 Å². The maximum atomic E-state index is 12.9. The van der Waals surface area contributed by atoms with Crippen LogP contribution in [0.25, 0.3) is 0 Å². The van der Waals surface area contributed by atoms with Gasteiger partial charge in [-0.05, 0) is 57.9 Å². The molecule has 1 aliphatic heterocycles. The van der Waals surface area contributed by atoms with E-state index in [1.807, 2.05) is 6.92 Å². The zero-order valence-electron chi connectivity index (χ0n) is 17.1. The van der Waals surface area contributed by atoms with E-state index in [4.69, 9.17) is 4.74 Å². The monoisotopic (exact) mass is 440 g/mol. The van der Waals surface area contributed by atoms with Crippen molar-refractivity contribution in [2.75, 3.05) is 11.9 Å². The number of carbonyl (C=O) groups excluding carboxylic acids is 2. The van der Waals surface area contributed by atoms with Crippen molar-refractivity contribution in [1.82, 2.24) is 4.90 Å². The van der Waals surface area contributed by atoms with Crippen LogP contribution in [0.2, 0.25) is 0 Å². The molecule has 2 heterocycles. The molecule has 1 N–H and O–H groups in total. The number of thiophene rings is 1. The van der Waals surface area contributed by atoms with Crippen LogP contribution in [0.1, 0.15) is 60.1 Å². The lowest BCUT2D eigenvalue weighted by Crippen LogP contribution is -2.41. The lowest BCUT2D eigenvalue weighted by atomic mass is 9.98. The minimum absolute atomic E-state index is 0.0778. The van der Waals surface area contributed by atoms with E-state index >= 15 is 0 Å². The Morgan fingerprint density at radius 3 is 2.57 bits per heavy atom. The number of amides is 2. The standard InChI is InChI=1S/C21H23F3N2O3S/c1-12-17-15(8-9-26(12)19(28)29-20(2,3)4)16(11-30-17)18(27)25-14-7-5-6-13(10-14)21(22,23)24/h5-7,10-12H,8-9H2,1-4H3,(H,25,27). The largest absolute Gasteiger partial charge is 0.444 e. The Morgan fingerprint density at radius 2 is 1.93 bits per heavy atom. The summed E-state index contributed by atoms with van der Waals surface area (Å²) in [6.07, 6.45) is -4.43. The fourth-order valence-electron chi connectivity index (χ4n) is 3.31. The predicted molar refractivity (Wildman–Crippen MR) is 109 cm³/mol. The number of benzene rings is 1. The third kappa shape index (κ3) is 4.77. The van der Waals surface area contributed by atoms with Gasteiger partial charge >= 0.3 is 12.3 Å². The molecule has 2 amide bonds. The lowest BCUT2D eigenvalue weighted by Gasteiger charge is -2.35. The number of alkyl halides is 3. The Labute approximate surface area is 176 Å². The minimum Gasteiger partial charge on any atom is -0.444 e. The van der Waals surface area contributed by atoms with Crippen LogP contribution in [0.3, 0.4) is 0 Å². The van der Waals surface area contributed by atoms with E-state index in [-0.39, 0.29) is 11.7 Å². The molecule has 1 unspecified atom stereocenters. The Morgan fingerprint density at radius 1 is 1.23 bits per heavy atom. The third-order valence-electron chi connectivity index (χ3n) is 4.70. The fourth-order valence-corrected chi connectivity index (χ4v) is 4.48. The summed E-state index contributed by atoms with van der Waals surface area (Å²) in [4.78, 5) is 27.7. The molecule has 0 bridgehead atoms. The smallest absolute Gasteiger partial charge is 0.416 e. The molecule has 162 valence electrons. The van der Waals surface area contributed by atoms with E-state index < -0.39 is 29.3 Å². The van der Waals surface area contributed by atoms with Crippen LogP contribution < -0.4 is 5.32 Å². The Hall–Kier alpha value is -2.55. The summed E-state index contributed by atoms with van der Waals surface area (Å²) < 4.78 is 44.1. The summed E-state index contributed by atoms with van der Waals surface area (Å²) in [7, 11) is 0. The average molecular weight is 440 g/mol. The van der Waals surface area contributed by atoms with Gasteiger partial charge < -0.3 is 15.0 Å². The van der Waals surface area contributed by atoms with Gasteiger partial charge in [-0.25, -0.2) is 4.79 Å². The molecule has 1 aliphatic rings. The zero-order chi connectivity index (χ0) is 22.3. The van der Waals surface area contributed by atoms with E-state index in [0.717, 1.165) is 22.6 Å². The van der Waals surface area contributed by atoms with Crippen molar-refractivity contribution < 1.29 is 27.5 Å². The molecule has 1 aromatic heterocycles. The summed E-state index contributed by atoms with van der Waals surface area (Å²) in [6.45, 7) is 7.65. The van der Waals surface area contributed by atoms with Crippen LogP contribution in [0, 0.1) is 0 Å². The highest BCUT2D eigenvalue weighted by Crippen LogP contribution is 2.37. The van der Waals surface area contributed by atoms with E-state index in [9.17, 15) is 22.8 Å². The lowest BCUT2D eigenvalue weighted by molar-refractivity contribution is -0.137. The number of nitrogens with one attached hydrogen (secondary N) is 1. The molecular weight excluding hydrogens is 417 g/mol. The van der Waals surface area contributed by atoms with E-state index in [2.05, 4.69) is 5.32 Å². The second-order valence-electron chi connectivity index (χ2n) is 8.12. The quantitative estimate of drug-likeness (QED) is 0.635. The van der Waals surface area contributed by atoms with E-state index in [1.54, 1.807) is 31.1 Å². The summed E-state index contributed by atoms with van der Waals surface area (Å²) in [5, 5.41) is 4.23. The molecule has 30 heavy (non-hydrogen) atoms. The highest BCUT2D eigenvalue weighted by Gasteiger charge is 2.34. The van der Waals surface area contributed by atoms with Gasteiger partial charge in [0.05, 0.1) is 17.2 Å². The summed E-state index contributed by atoms with van der Waals surface area (Å²) in [5.74, 6) is -0.468. The van der Waals surface area contributed by atoms with E-state index in [1.165, 1.54) is 23.5 Å². The first-order valence-electron chi connectivity index (χ1n) is 9.45. The van der Waals surface area contributed by atoms with Gasteiger partial charge in [0, 0.05) is 22.5 Å². The topological polar surface area (TPSA) is 58.6 Å². The second-order valence-corrected chi connectivity index (χ2v) is 9.04. The number of ether oxygens (including phenoxy) is 1. The van der Waals surface area contributed by atoms with Gasteiger partial charge in [-0.2, -0.15) is 13.2 Å². The first-order chi connectivity index (χ1) is 13.9. The number of hydrogen-bond donors (Lipinski definition) is 1. The molecule has 1 aromatic carbocycles. The number of carbonyl (C=O) groups is 2. The molecule has 0 saturated carbocycles. The second kappa shape index (κ2) is 7.94. The van der Waals surface area contributed by atoms with Crippen molar-refractivity contribution >= 4 is 29.0 Å². The number of rotatable bonds is 2. The van der Waals surface area contributed by atoms with Crippen LogP contribution in [0.4, 0.5) is 23.7 Å². The molecule has 0 radical (unpaired) electrons. The highest BCUT2D eigenvalue weighted by atomic mass is 32.1. The maximum absolute atomic E-state index is 12.9. The molecule has 1 atom stereocenters. The SMILES string of the molecule is CC1c2scc(C(=O)Nc3cccc(C(F)(F)F)c3)c2CCN1C(=O)OC(C)(C)C. The number of fused-ring (bicyclic) bond motifs is 1. The van der Waals surface area contributed by atoms with Gasteiger partial charge in [-0.1, -0.05) is 6.07 Å². The van der Waals surface area contributed by atoms with Gasteiger partial charge in [-0.15, -0.1) is 11.3 Å². The van der Waals surface area contributed by atoms with Gasteiger partial charge in [0.25, 0.3) is 5.91 Å². The molecule has 0 saturated heterocycles. The Kier molecular flexibility index (Phi) is 5.86. The van der Waals surface area contributed by atoms with Crippen molar-refractivity contribution in [3.63, 3.8) is 0 Å². The zero-order valence-corrected chi connectivity index (χ0v) is 17.9. The minimum atomic E-state index is -4.48.